The summed E-state index contributed by atoms with van der Waals surface area (Å²) in [7, 11) is -1.90. The van der Waals surface area contributed by atoms with Gasteiger partial charge in [-0.1, -0.05) is 35.9 Å². The molecule has 0 radical (unpaired) electrons. The van der Waals surface area contributed by atoms with Crippen LogP contribution in [0.4, 0.5) is 0 Å². The number of nitrogens with zero attached hydrogens (tertiary/aromatic N) is 1. The molecule has 3 rings (SSSR count). The lowest BCUT2D eigenvalue weighted by molar-refractivity contribution is -0.126. The number of rotatable bonds is 7. The molecule has 1 saturated heterocycles. The van der Waals surface area contributed by atoms with E-state index in [1.807, 2.05) is 50.2 Å². The highest BCUT2D eigenvalue weighted by Crippen LogP contribution is 2.26. The van der Waals surface area contributed by atoms with Crippen LogP contribution in [-0.4, -0.2) is 45.4 Å². The Morgan fingerprint density at radius 3 is 2.50 bits per heavy atom. The van der Waals surface area contributed by atoms with Crippen LogP contribution in [0.1, 0.15) is 29.5 Å². The van der Waals surface area contributed by atoms with E-state index in [0.29, 0.717) is 43.8 Å². The van der Waals surface area contributed by atoms with Gasteiger partial charge in [-0.2, -0.15) is 4.31 Å². The molecular formula is C23H30N2O4S. The predicted molar refractivity (Wildman–Crippen MR) is 117 cm³/mol. The van der Waals surface area contributed by atoms with Crippen molar-refractivity contribution < 1.29 is 17.9 Å². The molecule has 7 heteroatoms. The van der Waals surface area contributed by atoms with Gasteiger partial charge in [-0.05, 0) is 56.4 Å². The number of aryl methyl sites for hydroxylation is 2. The molecule has 1 amide bonds. The van der Waals surface area contributed by atoms with Gasteiger partial charge in [-0.15, -0.1) is 0 Å². The molecule has 0 spiro atoms. The van der Waals surface area contributed by atoms with E-state index in [4.69, 9.17) is 4.74 Å². The van der Waals surface area contributed by atoms with Gasteiger partial charge in [0.1, 0.15) is 5.75 Å². The first-order valence-electron chi connectivity index (χ1n) is 10.3. The van der Waals surface area contributed by atoms with Crippen LogP contribution in [0.2, 0.25) is 0 Å². The van der Waals surface area contributed by atoms with Crippen molar-refractivity contribution in [2.24, 2.45) is 5.92 Å². The molecule has 0 saturated carbocycles. The number of piperidine rings is 1. The molecule has 6 nitrogen and oxygen atoms in total. The molecule has 2 aromatic rings. The van der Waals surface area contributed by atoms with Crippen molar-refractivity contribution in [3.8, 4) is 5.75 Å². The van der Waals surface area contributed by atoms with Crippen molar-refractivity contribution in [1.29, 1.82) is 0 Å². The smallest absolute Gasteiger partial charge is 0.243 e. The van der Waals surface area contributed by atoms with Crippen LogP contribution in [0, 0.1) is 19.8 Å². The third kappa shape index (κ3) is 5.02. The highest BCUT2D eigenvalue weighted by atomic mass is 32.2. The molecule has 0 atom stereocenters. The minimum atomic E-state index is -3.53. The summed E-state index contributed by atoms with van der Waals surface area (Å²) >= 11 is 0. The van der Waals surface area contributed by atoms with Crippen LogP contribution in [0.25, 0.3) is 0 Å². The lowest BCUT2D eigenvalue weighted by Gasteiger charge is -2.31. The van der Waals surface area contributed by atoms with E-state index in [1.54, 1.807) is 13.2 Å². The Morgan fingerprint density at radius 1 is 1.13 bits per heavy atom. The Bertz CT molecular complexity index is 996. The third-order valence-electron chi connectivity index (χ3n) is 5.66. The van der Waals surface area contributed by atoms with Gasteiger partial charge in [-0.3, -0.25) is 4.79 Å². The van der Waals surface area contributed by atoms with Crippen molar-refractivity contribution in [3.63, 3.8) is 0 Å². The van der Waals surface area contributed by atoms with Crippen LogP contribution >= 0.6 is 0 Å². The van der Waals surface area contributed by atoms with Crippen molar-refractivity contribution in [2.75, 3.05) is 26.7 Å². The second-order valence-electron chi connectivity index (χ2n) is 7.80. The first kappa shape index (κ1) is 22.3. The summed E-state index contributed by atoms with van der Waals surface area (Å²) in [6.45, 7) is 5.02. The maximum Gasteiger partial charge on any atom is 0.243 e. The molecule has 1 fully saturated rings. The molecule has 1 aliphatic rings. The molecule has 30 heavy (non-hydrogen) atoms. The number of carbonyl (C=O) groups is 1. The SMILES string of the molecule is COc1ccccc1CCNC(=O)C1CCN(S(=O)(=O)c2ccc(C)cc2C)CC1. The normalized spacial score (nSPS) is 15.7. The summed E-state index contributed by atoms with van der Waals surface area (Å²) in [5.74, 6) is 0.651. The van der Waals surface area contributed by atoms with E-state index in [2.05, 4.69) is 5.32 Å². The van der Waals surface area contributed by atoms with Crippen molar-refractivity contribution in [2.45, 2.75) is 38.0 Å². The van der Waals surface area contributed by atoms with Gasteiger partial charge in [0.2, 0.25) is 15.9 Å². The molecule has 0 unspecified atom stereocenters. The van der Waals surface area contributed by atoms with E-state index in [-0.39, 0.29) is 11.8 Å². The largest absolute Gasteiger partial charge is 0.496 e. The molecule has 1 N–H and O–H groups in total. The monoisotopic (exact) mass is 430 g/mol. The highest BCUT2D eigenvalue weighted by Gasteiger charge is 2.32. The third-order valence-corrected chi connectivity index (χ3v) is 7.72. The Labute approximate surface area is 179 Å². The Kier molecular flexibility index (Phi) is 7.15. The maximum absolute atomic E-state index is 13.0. The van der Waals surface area contributed by atoms with Crippen molar-refractivity contribution in [3.05, 3.63) is 59.2 Å². The lowest BCUT2D eigenvalue weighted by atomic mass is 9.97. The molecule has 0 aliphatic carbocycles. The minimum absolute atomic E-state index is 0.00605. The van der Waals surface area contributed by atoms with E-state index in [9.17, 15) is 13.2 Å². The van der Waals surface area contributed by atoms with Gasteiger partial charge >= 0.3 is 0 Å². The minimum Gasteiger partial charge on any atom is -0.496 e. The number of carbonyl (C=O) groups excluding carboxylic acids is 1. The molecular weight excluding hydrogens is 400 g/mol. The molecule has 2 aromatic carbocycles. The summed E-state index contributed by atoms with van der Waals surface area (Å²) in [6.07, 6.45) is 1.75. The Hall–Kier alpha value is -2.38. The van der Waals surface area contributed by atoms with E-state index >= 15 is 0 Å². The first-order valence-corrected chi connectivity index (χ1v) is 11.7. The molecule has 0 bridgehead atoms. The number of amides is 1. The maximum atomic E-state index is 13.0. The fourth-order valence-electron chi connectivity index (χ4n) is 3.96. The van der Waals surface area contributed by atoms with Crippen LogP contribution in [0.5, 0.6) is 5.75 Å². The topological polar surface area (TPSA) is 75.7 Å². The van der Waals surface area contributed by atoms with Crippen molar-refractivity contribution >= 4 is 15.9 Å². The van der Waals surface area contributed by atoms with Crippen LogP contribution in [-0.2, 0) is 21.2 Å². The Balaban J connectivity index is 1.53. The second-order valence-corrected chi connectivity index (χ2v) is 9.71. The number of sulfonamides is 1. The van der Waals surface area contributed by atoms with E-state index < -0.39 is 10.0 Å². The quantitative estimate of drug-likeness (QED) is 0.733. The van der Waals surface area contributed by atoms with Gasteiger partial charge in [0.25, 0.3) is 0 Å². The predicted octanol–water partition coefficient (Wildman–Crippen LogP) is 3.07. The second kappa shape index (κ2) is 9.62. The van der Waals surface area contributed by atoms with Crippen LogP contribution in [0.3, 0.4) is 0 Å². The molecule has 1 heterocycles. The molecule has 1 aliphatic heterocycles. The standard InChI is InChI=1S/C23H30N2O4S/c1-17-8-9-22(18(2)16-17)30(27,28)25-14-11-20(12-15-25)23(26)24-13-10-19-6-4-5-7-21(19)29-3/h4-9,16,20H,10-15H2,1-3H3,(H,24,26). The summed E-state index contributed by atoms with van der Waals surface area (Å²) in [5, 5.41) is 2.99. The number of methoxy groups -OCH3 is 1. The molecule has 0 aromatic heterocycles. The zero-order valence-corrected chi connectivity index (χ0v) is 18.7. The fraction of sp³-hybridized carbons (Fsp3) is 0.435. The van der Waals surface area contributed by atoms with Gasteiger partial charge in [0.15, 0.2) is 0 Å². The van der Waals surface area contributed by atoms with Crippen LogP contribution in [0.15, 0.2) is 47.4 Å². The number of benzene rings is 2. The molecule has 162 valence electrons. The van der Waals surface area contributed by atoms with E-state index in [0.717, 1.165) is 22.4 Å². The summed E-state index contributed by atoms with van der Waals surface area (Å²) in [5.41, 5.74) is 2.84. The summed E-state index contributed by atoms with van der Waals surface area (Å²) < 4.78 is 32.8. The Morgan fingerprint density at radius 2 is 1.83 bits per heavy atom. The first-order chi connectivity index (χ1) is 14.3. The lowest BCUT2D eigenvalue weighted by Crippen LogP contribution is -2.43. The zero-order valence-electron chi connectivity index (χ0n) is 17.8. The van der Waals surface area contributed by atoms with Crippen LogP contribution < -0.4 is 10.1 Å². The zero-order chi connectivity index (χ0) is 21.7. The van der Waals surface area contributed by atoms with Gasteiger partial charge in [-0.25, -0.2) is 8.42 Å². The number of ether oxygens (including phenoxy) is 1. The van der Waals surface area contributed by atoms with E-state index in [1.165, 1.54) is 4.31 Å². The van der Waals surface area contributed by atoms with Crippen molar-refractivity contribution in [1.82, 2.24) is 9.62 Å². The average molecular weight is 431 g/mol. The van der Waals surface area contributed by atoms with Gasteiger partial charge in [0.05, 0.1) is 12.0 Å². The average Bonchev–Trinajstić information content (AvgIpc) is 2.73. The number of nitrogens with one attached hydrogen (secondary N) is 1. The number of hydrogen-bond donors (Lipinski definition) is 1. The van der Waals surface area contributed by atoms with Gasteiger partial charge in [0, 0.05) is 25.6 Å². The van der Waals surface area contributed by atoms with Gasteiger partial charge < -0.3 is 10.1 Å². The number of para-hydroxylation sites is 1. The fourth-order valence-corrected chi connectivity index (χ4v) is 5.64. The summed E-state index contributed by atoms with van der Waals surface area (Å²) in [6, 6.07) is 13.1. The summed E-state index contributed by atoms with van der Waals surface area (Å²) in [4.78, 5) is 12.9. The number of hydrogen-bond acceptors (Lipinski definition) is 4. The highest BCUT2D eigenvalue weighted by molar-refractivity contribution is 7.89.